The molecule has 0 aromatic carbocycles. The van der Waals surface area contributed by atoms with Crippen molar-refractivity contribution >= 4 is 23.2 Å². The number of likely N-dealkylation sites (tertiary alicyclic amines) is 1. The van der Waals surface area contributed by atoms with E-state index in [-0.39, 0.29) is 17.9 Å². The van der Waals surface area contributed by atoms with Gasteiger partial charge < -0.3 is 15.0 Å². The lowest BCUT2D eigenvalue weighted by molar-refractivity contribution is -0.141. The molecule has 1 aliphatic heterocycles. The fraction of sp³-hybridized carbons (Fsp3) is 0.450. The SMILES string of the molecule is CC(C)(NC(=O)c1cccs1)C(=O)N1CCC[C@@H](OCc2ccccn2)C1. The van der Waals surface area contributed by atoms with Gasteiger partial charge in [-0.2, -0.15) is 0 Å². The van der Waals surface area contributed by atoms with Crippen molar-refractivity contribution in [2.75, 3.05) is 13.1 Å². The van der Waals surface area contributed by atoms with Crippen LogP contribution < -0.4 is 5.32 Å². The Labute approximate surface area is 163 Å². The van der Waals surface area contributed by atoms with Crippen LogP contribution in [0, 0.1) is 0 Å². The molecule has 1 aliphatic rings. The summed E-state index contributed by atoms with van der Waals surface area (Å²) in [6, 6.07) is 9.30. The molecule has 0 saturated carbocycles. The first-order valence-electron chi connectivity index (χ1n) is 9.12. The van der Waals surface area contributed by atoms with Gasteiger partial charge in [-0.3, -0.25) is 14.6 Å². The normalized spacial score (nSPS) is 17.6. The molecule has 0 radical (unpaired) electrons. The Morgan fingerprint density at radius 3 is 2.89 bits per heavy atom. The number of hydrogen-bond acceptors (Lipinski definition) is 5. The average Bonchev–Trinajstić information content (AvgIpc) is 3.21. The molecule has 1 saturated heterocycles. The van der Waals surface area contributed by atoms with Gasteiger partial charge in [-0.1, -0.05) is 12.1 Å². The molecule has 1 atom stereocenters. The van der Waals surface area contributed by atoms with E-state index in [1.807, 2.05) is 29.6 Å². The highest BCUT2D eigenvalue weighted by atomic mass is 32.1. The van der Waals surface area contributed by atoms with E-state index in [9.17, 15) is 9.59 Å². The fourth-order valence-electron chi connectivity index (χ4n) is 3.15. The molecular formula is C20H25N3O3S. The number of pyridine rings is 1. The number of carbonyl (C=O) groups excluding carboxylic acids is 2. The van der Waals surface area contributed by atoms with Gasteiger partial charge in [0, 0.05) is 19.3 Å². The van der Waals surface area contributed by atoms with Crippen molar-refractivity contribution in [1.82, 2.24) is 15.2 Å². The molecule has 27 heavy (non-hydrogen) atoms. The van der Waals surface area contributed by atoms with Crippen molar-refractivity contribution in [2.45, 2.75) is 44.9 Å². The number of aromatic nitrogens is 1. The summed E-state index contributed by atoms with van der Waals surface area (Å²) in [5.74, 6) is -0.304. The Kier molecular flexibility index (Phi) is 6.23. The van der Waals surface area contributed by atoms with Crippen LogP contribution in [0.2, 0.25) is 0 Å². The zero-order valence-corrected chi connectivity index (χ0v) is 16.5. The van der Waals surface area contributed by atoms with Crippen LogP contribution in [0.5, 0.6) is 0 Å². The fourth-order valence-corrected chi connectivity index (χ4v) is 3.77. The van der Waals surface area contributed by atoms with Crippen LogP contribution in [-0.2, 0) is 16.1 Å². The predicted octanol–water partition coefficient (Wildman–Crippen LogP) is 2.86. The molecule has 144 valence electrons. The van der Waals surface area contributed by atoms with Crippen LogP contribution in [-0.4, -0.2) is 46.4 Å². The van der Waals surface area contributed by atoms with Crippen molar-refractivity contribution in [2.24, 2.45) is 0 Å². The van der Waals surface area contributed by atoms with Gasteiger partial charge in [0.25, 0.3) is 5.91 Å². The zero-order chi connectivity index (χ0) is 19.3. The predicted molar refractivity (Wildman–Crippen MR) is 104 cm³/mol. The Morgan fingerprint density at radius 2 is 2.19 bits per heavy atom. The quantitative estimate of drug-likeness (QED) is 0.827. The summed E-state index contributed by atoms with van der Waals surface area (Å²) in [5, 5.41) is 4.70. The number of carbonyl (C=O) groups is 2. The van der Waals surface area contributed by atoms with E-state index in [2.05, 4.69) is 10.3 Å². The Hall–Kier alpha value is -2.25. The highest BCUT2D eigenvalue weighted by Gasteiger charge is 2.36. The summed E-state index contributed by atoms with van der Waals surface area (Å²) < 4.78 is 5.96. The minimum Gasteiger partial charge on any atom is -0.370 e. The van der Waals surface area contributed by atoms with Gasteiger partial charge in [-0.05, 0) is 50.3 Å². The summed E-state index contributed by atoms with van der Waals surface area (Å²) in [7, 11) is 0. The highest BCUT2D eigenvalue weighted by Crippen LogP contribution is 2.19. The van der Waals surface area contributed by atoms with Crippen molar-refractivity contribution < 1.29 is 14.3 Å². The zero-order valence-electron chi connectivity index (χ0n) is 15.7. The second kappa shape index (κ2) is 8.63. The molecule has 0 bridgehead atoms. The van der Waals surface area contributed by atoms with Crippen LogP contribution in [0.25, 0.3) is 0 Å². The molecule has 2 amide bonds. The third-order valence-electron chi connectivity index (χ3n) is 4.56. The summed E-state index contributed by atoms with van der Waals surface area (Å²) in [4.78, 5) is 32.0. The lowest BCUT2D eigenvalue weighted by Crippen LogP contribution is -2.58. The first-order valence-corrected chi connectivity index (χ1v) is 10.0. The summed E-state index contributed by atoms with van der Waals surface area (Å²) >= 11 is 1.36. The maximum absolute atomic E-state index is 13.0. The molecule has 7 heteroatoms. The summed E-state index contributed by atoms with van der Waals surface area (Å²) in [5.41, 5.74) is -0.0891. The van der Waals surface area contributed by atoms with E-state index >= 15 is 0 Å². The lowest BCUT2D eigenvalue weighted by atomic mass is 10.00. The minimum atomic E-state index is -0.968. The Bertz CT molecular complexity index is 762. The van der Waals surface area contributed by atoms with Crippen molar-refractivity contribution in [1.29, 1.82) is 0 Å². The maximum atomic E-state index is 13.0. The topological polar surface area (TPSA) is 71.5 Å². The first-order chi connectivity index (χ1) is 13.0. The Balaban J connectivity index is 1.56. The third-order valence-corrected chi connectivity index (χ3v) is 5.43. The first kappa shape index (κ1) is 19.5. The van der Waals surface area contributed by atoms with Gasteiger partial charge in [-0.15, -0.1) is 11.3 Å². The summed E-state index contributed by atoms with van der Waals surface area (Å²) in [6.07, 6.45) is 3.52. The van der Waals surface area contributed by atoms with E-state index in [1.165, 1.54) is 11.3 Å². The second-order valence-corrected chi connectivity index (χ2v) is 8.15. The number of nitrogens with zero attached hydrogens (tertiary/aromatic N) is 2. The van der Waals surface area contributed by atoms with Gasteiger partial charge >= 0.3 is 0 Å². The molecular weight excluding hydrogens is 362 g/mol. The van der Waals surface area contributed by atoms with E-state index in [0.717, 1.165) is 18.5 Å². The maximum Gasteiger partial charge on any atom is 0.262 e. The van der Waals surface area contributed by atoms with Gasteiger partial charge in [0.1, 0.15) is 5.54 Å². The number of piperidine rings is 1. The minimum absolute atomic E-state index is 0.0199. The molecule has 2 aromatic rings. The van der Waals surface area contributed by atoms with E-state index in [1.54, 1.807) is 31.0 Å². The number of rotatable bonds is 6. The van der Waals surface area contributed by atoms with Crippen LogP contribution in [0.4, 0.5) is 0 Å². The van der Waals surface area contributed by atoms with Crippen molar-refractivity contribution in [3.63, 3.8) is 0 Å². The molecule has 1 N–H and O–H groups in total. The molecule has 6 nitrogen and oxygen atoms in total. The van der Waals surface area contributed by atoms with Crippen molar-refractivity contribution in [3.05, 3.63) is 52.5 Å². The molecule has 0 spiro atoms. The molecule has 2 aromatic heterocycles. The second-order valence-electron chi connectivity index (χ2n) is 7.20. The number of amides is 2. The summed E-state index contributed by atoms with van der Waals surface area (Å²) in [6.45, 7) is 5.15. The molecule has 0 aliphatic carbocycles. The highest BCUT2D eigenvalue weighted by molar-refractivity contribution is 7.12. The largest absolute Gasteiger partial charge is 0.370 e. The van der Waals surface area contributed by atoms with Crippen molar-refractivity contribution in [3.8, 4) is 0 Å². The third kappa shape index (κ3) is 5.14. The number of nitrogens with one attached hydrogen (secondary N) is 1. The number of ether oxygens (including phenoxy) is 1. The van der Waals surface area contributed by atoms with Gasteiger partial charge in [0.2, 0.25) is 5.91 Å². The molecule has 0 unspecified atom stereocenters. The average molecular weight is 388 g/mol. The Morgan fingerprint density at radius 1 is 1.33 bits per heavy atom. The van der Waals surface area contributed by atoms with E-state index < -0.39 is 5.54 Å². The number of thiophene rings is 1. The van der Waals surface area contributed by atoms with E-state index in [4.69, 9.17) is 4.74 Å². The van der Waals surface area contributed by atoms with Gasteiger partial charge in [0.05, 0.1) is 23.3 Å². The van der Waals surface area contributed by atoms with Crippen LogP contribution in [0.15, 0.2) is 41.9 Å². The van der Waals surface area contributed by atoms with Crippen LogP contribution in [0.1, 0.15) is 42.1 Å². The molecule has 3 heterocycles. The standard InChI is InChI=1S/C20H25N3O3S/c1-20(2,22-18(24)17-9-6-12-27-17)19(25)23-11-5-8-16(13-23)26-14-15-7-3-4-10-21-15/h3-4,6-7,9-10,12,16H,5,8,11,13-14H2,1-2H3,(H,22,24)/t16-/m1/s1. The number of hydrogen-bond donors (Lipinski definition) is 1. The van der Waals surface area contributed by atoms with E-state index in [0.29, 0.717) is 24.6 Å². The smallest absolute Gasteiger partial charge is 0.262 e. The molecule has 3 rings (SSSR count). The van der Waals surface area contributed by atoms with Gasteiger partial charge in [0.15, 0.2) is 0 Å². The van der Waals surface area contributed by atoms with Crippen LogP contribution >= 0.6 is 11.3 Å². The molecule has 1 fully saturated rings. The van der Waals surface area contributed by atoms with Crippen LogP contribution in [0.3, 0.4) is 0 Å². The van der Waals surface area contributed by atoms with Gasteiger partial charge in [-0.25, -0.2) is 0 Å². The monoisotopic (exact) mass is 387 g/mol. The lowest BCUT2D eigenvalue weighted by Gasteiger charge is -2.37.